The lowest BCUT2D eigenvalue weighted by atomic mass is 9.81. The molecule has 0 aliphatic carbocycles. The zero-order chi connectivity index (χ0) is 12.5. The van der Waals surface area contributed by atoms with Gasteiger partial charge in [-0.1, -0.05) is 0 Å². The molecule has 5 nitrogen and oxygen atoms in total. The Morgan fingerprint density at radius 1 is 1.41 bits per heavy atom. The minimum absolute atomic E-state index is 0.0389. The van der Waals surface area contributed by atoms with Crippen molar-refractivity contribution in [2.24, 2.45) is 5.41 Å². The Bertz CT molecular complexity index is 324. The minimum atomic E-state index is -0.325. The van der Waals surface area contributed by atoms with Crippen LogP contribution in [0.2, 0.25) is 0 Å². The van der Waals surface area contributed by atoms with Crippen molar-refractivity contribution >= 4 is 11.8 Å². The van der Waals surface area contributed by atoms with Crippen molar-refractivity contribution in [3.63, 3.8) is 0 Å². The molecule has 2 aliphatic rings. The van der Waals surface area contributed by atoms with E-state index in [1.54, 1.807) is 16.8 Å². The smallest absolute Gasteiger partial charge is 0.241 e. The number of hydrogen-bond acceptors (Lipinski definition) is 3. The maximum absolute atomic E-state index is 12.4. The highest BCUT2D eigenvalue weighted by Gasteiger charge is 2.39. The molecule has 0 saturated carbocycles. The van der Waals surface area contributed by atoms with Crippen molar-refractivity contribution in [3.8, 4) is 0 Å². The van der Waals surface area contributed by atoms with Crippen LogP contribution in [0.4, 0.5) is 0 Å². The average Bonchev–Trinajstić information content (AvgIpc) is 2.33. The monoisotopic (exact) mass is 239 g/mol. The molecule has 0 bridgehead atoms. The van der Waals surface area contributed by atoms with Crippen molar-refractivity contribution < 1.29 is 9.59 Å². The number of likely N-dealkylation sites (N-methyl/N-ethyl adjacent to an activating group) is 1. The van der Waals surface area contributed by atoms with E-state index in [1.807, 2.05) is 6.92 Å². The largest absolute Gasteiger partial charge is 0.342 e. The molecule has 2 heterocycles. The number of amides is 2. The van der Waals surface area contributed by atoms with Crippen molar-refractivity contribution in [2.45, 2.75) is 19.8 Å². The molecule has 2 rings (SSSR count). The molecular weight excluding hydrogens is 218 g/mol. The summed E-state index contributed by atoms with van der Waals surface area (Å²) in [5.41, 5.74) is -0.325. The maximum Gasteiger partial charge on any atom is 0.241 e. The number of nitrogens with one attached hydrogen (secondary N) is 1. The molecule has 1 atom stereocenters. The molecule has 96 valence electrons. The van der Waals surface area contributed by atoms with E-state index < -0.39 is 0 Å². The van der Waals surface area contributed by atoms with Crippen LogP contribution in [0.5, 0.6) is 0 Å². The average molecular weight is 239 g/mol. The number of piperidine rings is 1. The molecule has 2 amide bonds. The van der Waals surface area contributed by atoms with Gasteiger partial charge in [0.25, 0.3) is 0 Å². The zero-order valence-electron chi connectivity index (χ0n) is 10.7. The van der Waals surface area contributed by atoms with Crippen LogP contribution in [-0.2, 0) is 9.59 Å². The summed E-state index contributed by atoms with van der Waals surface area (Å²) < 4.78 is 0. The van der Waals surface area contributed by atoms with Crippen LogP contribution in [0.3, 0.4) is 0 Å². The van der Waals surface area contributed by atoms with Crippen molar-refractivity contribution in [1.82, 2.24) is 15.1 Å². The van der Waals surface area contributed by atoms with Crippen molar-refractivity contribution in [2.75, 3.05) is 39.8 Å². The van der Waals surface area contributed by atoms with Gasteiger partial charge in [-0.3, -0.25) is 9.59 Å². The van der Waals surface area contributed by atoms with Gasteiger partial charge in [0.2, 0.25) is 11.8 Å². The molecule has 0 aromatic heterocycles. The molecule has 2 saturated heterocycles. The molecule has 17 heavy (non-hydrogen) atoms. The van der Waals surface area contributed by atoms with Gasteiger partial charge in [-0.05, 0) is 26.3 Å². The number of hydrogen-bond donors (Lipinski definition) is 1. The first-order valence-electron chi connectivity index (χ1n) is 6.27. The molecule has 0 spiro atoms. The van der Waals surface area contributed by atoms with Crippen molar-refractivity contribution in [3.05, 3.63) is 0 Å². The Labute approximate surface area is 102 Å². The fourth-order valence-corrected chi connectivity index (χ4v) is 2.55. The standard InChI is InChI=1S/C12H21N3O2/c1-12(4-3-5-13-9-12)11(17)15-7-6-14(2)10(16)8-15/h13H,3-9H2,1-2H3. The van der Waals surface area contributed by atoms with E-state index in [1.165, 1.54) is 0 Å². The molecule has 2 aliphatic heterocycles. The van der Waals surface area contributed by atoms with Gasteiger partial charge in [0, 0.05) is 26.7 Å². The van der Waals surface area contributed by atoms with Crippen LogP contribution in [0, 0.1) is 5.41 Å². The first-order valence-corrected chi connectivity index (χ1v) is 6.27. The van der Waals surface area contributed by atoms with E-state index in [9.17, 15) is 9.59 Å². The second kappa shape index (κ2) is 4.64. The summed E-state index contributed by atoms with van der Waals surface area (Å²) in [4.78, 5) is 27.5. The highest BCUT2D eigenvalue weighted by molar-refractivity contribution is 5.88. The number of rotatable bonds is 1. The molecule has 0 aromatic rings. The van der Waals surface area contributed by atoms with Gasteiger partial charge in [0.15, 0.2) is 0 Å². The fourth-order valence-electron chi connectivity index (χ4n) is 2.55. The van der Waals surface area contributed by atoms with Crippen LogP contribution in [0.25, 0.3) is 0 Å². The van der Waals surface area contributed by atoms with Crippen LogP contribution >= 0.6 is 0 Å². The first kappa shape index (κ1) is 12.4. The third-order valence-corrected chi connectivity index (χ3v) is 3.86. The van der Waals surface area contributed by atoms with Gasteiger partial charge in [-0.2, -0.15) is 0 Å². The first-order chi connectivity index (χ1) is 8.03. The lowest BCUT2D eigenvalue weighted by molar-refractivity contribution is -0.151. The highest BCUT2D eigenvalue weighted by atomic mass is 16.2. The Morgan fingerprint density at radius 2 is 2.18 bits per heavy atom. The predicted octanol–water partition coefficient (Wildman–Crippen LogP) is -0.323. The molecule has 1 unspecified atom stereocenters. The van der Waals surface area contributed by atoms with Crippen molar-refractivity contribution in [1.29, 1.82) is 0 Å². The lowest BCUT2D eigenvalue weighted by Gasteiger charge is -2.40. The van der Waals surface area contributed by atoms with E-state index >= 15 is 0 Å². The maximum atomic E-state index is 12.4. The molecule has 2 fully saturated rings. The third kappa shape index (κ3) is 2.44. The topological polar surface area (TPSA) is 52.6 Å². The summed E-state index contributed by atoms with van der Waals surface area (Å²) >= 11 is 0. The SMILES string of the molecule is CN1CCN(C(=O)C2(C)CCCNC2)CC1=O. The molecule has 1 N–H and O–H groups in total. The molecular formula is C12H21N3O2. The van der Waals surface area contributed by atoms with Crippen LogP contribution in [0.15, 0.2) is 0 Å². The van der Waals surface area contributed by atoms with E-state index in [4.69, 9.17) is 0 Å². The van der Waals surface area contributed by atoms with Crippen LogP contribution in [0.1, 0.15) is 19.8 Å². The summed E-state index contributed by atoms with van der Waals surface area (Å²) in [7, 11) is 1.79. The highest BCUT2D eigenvalue weighted by Crippen LogP contribution is 2.28. The summed E-state index contributed by atoms with van der Waals surface area (Å²) in [5.74, 6) is 0.170. The second-order valence-corrected chi connectivity index (χ2v) is 5.38. The fraction of sp³-hybridized carbons (Fsp3) is 0.833. The van der Waals surface area contributed by atoms with Gasteiger partial charge in [0.1, 0.15) is 0 Å². The summed E-state index contributed by atoms with van der Waals surface area (Å²) in [6, 6.07) is 0. The Morgan fingerprint density at radius 3 is 2.76 bits per heavy atom. The Balaban J connectivity index is 2.02. The van der Waals surface area contributed by atoms with Crippen LogP contribution < -0.4 is 5.32 Å². The van der Waals surface area contributed by atoms with Crippen LogP contribution in [-0.4, -0.2) is 61.4 Å². The number of piperazine rings is 1. The summed E-state index contributed by atoms with van der Waals surface area (Å²) in [6.07, 6.45) is 1.95. The van der Waals surface area contributed by atoms with Gasteiger partial charge in [0.05, 0.1) is 12.0 Å². The van der Waals surface area contributed by atoms with Gasteiger partial charge in [-0.15, -0.1) is 0 Å². The summed E-state index contributed by atoms with van der Waals surface area (Å²) in [5, 5.41) is 3.27. The molecule has 0 aromatic carbocycles. The quantitative estimate of drug-likeness (QED) is 0.682. The number of carbonyl (C=O) groups is 2. The third-order valence-electron chi connectivity index (χ3n) is 3.86. The molecule has 0 radical (unpaired) electrons. The lowest BCUT2D eigenvalue weighted by Crippen LogP contribution is -2.56. The predicted molar refractivity (Wildman–Crippen MR) is 64.4 cm³/mol. The van der Waals surface area contributed by atoms with Gasteiger partial charge in [-0.25, -0.2) is 0 Å². The Hall–Kier alpha value is -1.10. The van der Waals surface area contributed by atoms with Gasteiger partial charge < -0.3 is 15.1 Å². The van der Waals surface area contributed by atoms with E-state index in [2.05, 4.69) is 5.32 Å². The minimum Gasteiger partial charge on any atom is -0.342 e. The van der Waals surface area contributed by atoms with E-state index in [0.717, 1.165) is 25.9 Å². The second-order valence-electron chi connectivity index (χ2n) is 5.38. The normalized spacial score (nSPS) is 30.6. The molecule has 5 heteroatoms. The zero-order valence-corrected chi connectivity index (χ0v) is 10.7. The number of carbonyl (C=O) groups excluding carboxylic acids is 2. The Kier molecular flexibility index (Phi) is 3.38. The van der Waals surface area contributed by atoms with E-state index in [-0.39, 0.29) is 23.8 Å². The number of nitrogens with zero attached hydrogens (tertiary/aromatic N) is 2. The van der Waals surface area contributed by atoms with Gasteiger partial charge >= 0.3 is 0 Å². The van der Waals surface area contributed by atoms with E-state index in [0.29, 0.717) is 13.1 Å². The summed E-state index contributed by atoms with van der Waals surface area (Å²) in [6.45, 7) is 5.27.